The summed E-state index contributed by atoms with van der Waals surface area (Å²) < 4.78 is 0. The summed E-state index contributed by atoms with van der Waals surface area (Å²) in [6.07, 6.45) is -0.0437. The Labute approximate surface area is 182 Å². The Bertz CT molecular complexity index is 1110. The monoisotopic (exact) mass is 413 g/mol. The highest BCUT2D eigenvalue weighted by molar-refractivity contribution is 6.03. The van der Waals surface area contributed by atoms with Crippen LogP contribution in [0.2, 0.25) is 0 Å². The Hall–Kier alpha value is -4.10. The Kier molecular flexibility index (Phi) is 6.37. The number of benzene rings is 2. The summed E-state index contributed by atoms with van der Waals surface area (Å²) in [6.45, 7) is 0.343. The fourth-order valence-corrected chi connectivity index (χ4v) is 3.69. The quantitative estimate of drug-likeness (QED) is 0.534. The average molecular weight is 413 g/mol. The van der Waals surface area contributed by atoms with Crippen LogP contribution in [-0.2, 0) is 16.1 Å². The van der Waals surface area contributed by atoms with Crippen LogP contribution < -0.4 is 9.80 Å². The van der Waals surface area contributed by atoms with Crippen LogP contribution in [0, 0.1) is 22.7 Å². The number of allylic oxidation sites excluding steroid dienone is 1. The number of nitriles is 2. The van der Waals surface area contributed by atoms with Gasteiger partial charge in [-0.25, -0.2) is 0 Å². The van der Waals surface area contributed by atoms with Crippen molar-refractivity contribution in [2.24, 2.45) is 0 Å². The Balaban J connectivity index is 1.68. The highest BCUT2D eigenvalue weighted by atomic mass is 16.2. The first-order valence-electron chi connectivity index (χ1n) is 9.84. The van der Waals surface area contributed by atoms with E-state index >= 15 is 0 Å². The third-order valence-electron chi connectivity index (χ3n) is 5.32. The first-order valence-corrected chi connectivity index (χ1v) is 9.84. The zero-order valence-corrected chi connectivity index (χ0v) is 17.8. The number of hydrogen-bond donors (Lipinski definition) is 0. The predicted octanol–water partition coefficient (Wildman–Crippen LogP) is 3.19. The van der Waals surface area contributed by atoms with E-state index in [0.717, 1.165) is 16.9 Å². The van der Waals surface area contributed by atoms with E-state index in [4.69, 9.17) is 5.26 Å². The molecule has 1 amide bonds. The molecule has 1 aliphatic heterocycles. The van der Waals surface area contributed by atoms with Crippen LogP contribution in [-0.4, -0.2) is 37.7 Å². The fraction of sp³-hybridized carbons (Fsp3) is 0.250. The van der Waals surface area contributed by atoms with Crippen LogP contribution in [0.3, 0.4) is 0 Å². The number of anilines is 2. The Morgan fingerprint density at radius 3 is 2.19 bits per heavy atom. The number of rotatable bonds is 6. The molecule has 2 aromatic carbocycles. The maximum atomic E-state index is 12.8. The van der Waals surface area contributed by atoms with Gasteiger partial charge in [0.25, 0.3) is 0 Å². The number of ketones is 1. The molecular formula is C24H23N5O2. The summed E-state index contributed by atoms with van der Waals surface area (Å²) in [5.41, 5.74) is 3.24. The summed E-state index contributed by atoms with van der Waals surface area (Å²) in [4.78, 5) is 30.5. The summed E-state index contributed by atoms with van der Waals surface area (Å²) >= 11 is 0. The van der Waals surface area contributed by atoms with Gasteiger partial charge < -0.3 is 14.7 Å². The van der Waals surface area contributed by atoms with Crippen molar-refractivity contribution in [3.8, 4) is 12.1 Å². The predicted molar refractivity (Wildman–Crippen MR) is 118 cm³/mol. The largest absolute Gasteiger partial charge is 0.341 e. The molecule has 0 aromatic heterocycles. The van der Waals surface area contributed by atoms with Crippen molar-refractivity contribution in [1.82, 2.24) is 4.90 Å². The van der Waals surface area contributed by atoms with Gasteiger partial charge in [-0.3, -0.25) is 9.59 Å². The van der Waals surface area contributed by atoms with Gasteiger partial charge in [0.1, 0.15) is 17.5 Å². The number of amides is 1. The lowest BCUT2D eigenvalue weighted by molar-refractivity contribution is -0.132. The molecule has 0 fully saturated rings. The fourth-order valence-electron chi connectivity index (χ4n) is 3.69. The molecule has 1 aliphatic rings. The lowest BCUT2D eigenvalue weighted by atomic mass is 10.1. The number of para-hydroxylation sites is 2. The van der Waals surface area contributed by atoms with Crippen LogP contribution in [0.5, 0.6) is 0 Å². The zero-order chi connectivity index (χ0) is 22.5. The van der Waals surface area contributed by atoms with E-state index in [1.165, 1.54) is 4.90 Å². The molecule has 31 heavy (non-hydrogen) atoms. The smallest absolute Gasteiger partial charge is 0.223 e. The lowest BCUT2D eigenvalue weighted by Crippen LogP contribution is -2.28. The molecule has 0 bridgehead atoms. The third-order valence-corrected chi connectivity index (χ3v) is 5.32. The van der Waals surface area contributed by atoms with E-state index in [1.54, 1.807) is 25.2 Å². The highest BCUT2D eigenvalue weighted by Crippen LogP contribution is 2.40. The van der Waals surface area contributed by atoms with Gasteiger partial charge in [0.2, 0.25) is 5.91 Å². The van der Waals surface area contributed by atoms with E-state index in [1.807, 2.05) is 60.3 Å². The molecular weight excluding hydrogens is 390 g/mol. The topological polar surface area (TPSA) is 91.4 Å². The number of hydrogen-bond acceptors (Lipinski definition) is 6. The first kappa shape index (κ1) is 21.6. The molecule has 0 atom stereocenters. The van der Waals surface area contributed by atoms with Gasteiger partial charge in [-0.2, -0.15) is 10.5 Å². The summed E-state index contributed by atoms with van der Waals surface area (Å²) in [5.74, 6) is -0.0468. The normalized spacial score (nSPS) is 12.1. The lowest BCUT2D eigenvalue weighted by Gasteiger charge is -2.20. The summed E-state index contributed by atoms with van der Waals surface area (Å²) in [7, 11) is 5.29. The second-order valence-electron chi connectivity index (χ2n) is 7.40. The first-order chi connectivity index (χ1) is 14.9. The van der Waals surface area contributed by atoms with Gasteiger partial charge in [0, 0.05) is 40.5 Å². The van der Waals surface area contributed by atoms with Crippen LogP contribution >= 0.6 is 0 Å². The zero-order valence-electron chi connectivity index (χ0n) is 17.8. The minimum absolute atomic E-state index is 0.00606. The number of nitrogens with zero attached hydrogens (tertiary/aromatic N) is 5. The van der Waals surface area contributed by atoms with Crippen molar-refractivity contribution >= 4 is 23.1 Å². The standard InChI is InChI=1S/C24H23N5O2/c1-27(16-18-8-6-7-17(13-18)14-25)23(31)12-11-22(30)19(15-26)24-28(2)20-9-4-5-10-21(20)29(24)3/h4-10,13H,11-12,16H2,1-3H3. The Morgan fingerprint density at radius 1 is 0.968 bits per heavy atom. The van der Waals surface area contributed by atoms with Crippen molar-refractivity contribution in [3.63, 3.8) is 0 Å². The van der Waals surface area contributed by atoms with Crippen LogP contribution in [0.4, 0.5) is 11.4 Å². The van der Waals surface area contributed by atoms with Crippen molar-refractivity contribution in [2.75, 3.05) is 30.9 Å². The van der Waals surface area contributed by atoms with Crippen molar-refractivity contribution in [2.45, 2.75) is 19.4 Å². The maximum Gasteiger partial charge on any atom is 0.223 e. The maximum absolute atomic E-state index is 12.8. The summed E-state index contributed by atoms with van der Waals surface area (Å²) in [6, 6.07) is 18.8. The van der Waals surface area contributed by atoms with Crippen molar-refractivity contribution in [1.29, 1.82) is 10.5 Å². The van der Waals surface area contributed by atoms with E-state index in [2.05, 4.69) is 6.07 Å². The average Bonchev–Trinajstić information content (AvgIpc) is 3.03. The molecule has 2 aromatic rings. The molecule has 1 heterocycles. The van der Waals surface area contributed by atoms with E-state index < -0.39 is 0 Å². The van der Waals surface area contributed by atoms with E-state index in [0.29, 0.717) is 17.9 Å². The van der Waals surface area contributed by atoms with Crippen molar-refractivity contribution < 1.29 is 9.59 Å². The SMILES string of the molecule is CN(Cc1cccc(C#N)c1)C(=O)CCC(=O)C(C#N)=C1N(C)c2ccccc2N1C. The molecule has 3 rings (SSSR count). The number of carbonyl (C=O) groups excluding carboxylic acids is 2. The minimum Gasteiger partial charge on any atom is -0.341 e. The number of fused-ring (bicyclic) bond motifs is 1. The van der Waals surface area contributed by atoms with Crippen LogP contribution in [0.1, 0.15) is 24.0 Å². The van der Waals surface area contributed by atoms with E-state index in [9.17, 15) is 14.9 Å². The highest BCUT2D eigenvalue weighted by Gasteiger charge is 2.31. The molecule has 0 saturated carbocycles. The van der Waals surface area contributed by atoms with Crippen molar-refractivity contribution in [3.05, 3.63) is 71.1 Å². The van der Waals surface area contributed by atoms with Crippen LogP contribution in [0.15, 0.2) is 59.9 Å². The second kappa shape index (κ2) is 9.15. The molecule has 0 saturated heterocycles. The van der Waals surface area contributed by atoms with E-state index in [-0.39, 0.29) is 30.1 Å². The van der Waals surface area contributed by atoms with Gasteiger partial charge >= 0.3 is 0 Å². The Morgan fingerprint density at radius 2 is 1.61 bits per heavy atom. The number of carbonyl (C=O) groups is 2. The summed E-state index contributed by atoms with van der Waals surface area (Å²) in [5, 5.41) is 18.7. The molecule has 0 spiro atoms. The van der Waals surface area contributed by atoms with Gasteiger partial charge in [-0.15, -0.1) is 0 Å². The molecule has 0 aliphatic carbocycles. The minimum atomic E-state index is -0.364. The molecule has 0 N–H and O–H groups in total. The second-order valence-corrected chi connectivity index (χ2v) is 7.40. The molecule has 0 unspecified atom stereocenters. The molecule has 7 heteroatoms. The molecule has 0 radical (unpaired) electrons. The number of Topliss-reactive ketones (excluding diaryl/α,β-unsaturated/α-hetero) is 1. The van der Waals surface area contributed by atoms with Crippen LogP contribution in [0.25, 0.3) is 0 Å². The van der Waals surface area contributed by atoms with Gasteiger partial charge in [0.05, 0.1) is 23.0 Å². The van der Waals surface area contributed by atoms with Gasteiger partial charge in [0.15, 0.2) is 5.78 Å². The third kappa shape index (κ3) is 4.41. The molecule has 7 nitrogen and oxygen atoms in total. The van der Waals surface area contributed by atoms with Gasteiger partial charge in [-0.1, -0.05) is 24.3 Å². The molecule has 156 valence electrons. The van der Waals surface area contributed by atoms with Gasteiger partial charge in [-0.05, 0) is 29.8 Å².